The molecule has 4 heteroatoms. The maximum Gasteiger partial charge on any atom is 0.338 e. The van der Waals surface area contributed by atoms with Crippen LogP contribution in [-0.2, 0) is 4.74 Å². The van der Waals surface area contributed by atoms with Crippen molar-refractivity contribution in [2.75, 3.05) is 6.61 Å². The Labute approximate surface area is 94.9 Å². The van der Waals surface area contributed by atoms with Crippen molar-refractivity contribution in [1.29, 1.82) is 0 Å². The van der Waals surface area contributed by atoms with Crippen molar-refractivity contribution in [3.63, 3.8) is 0 Å². The van der Waals surface area contributed by atoms with Crippen LogP contribution in [0, 0.1) is 0 Å². The monoisotopic (exact) mass is 211 g/mol. The molecule has 0 N–H and O–H groups in total. The Bertz CT molecular complexity index is 540. The second-order valence-corrected chi connectivity index (χ2v) is 3.35. The molecule has 0 amide bonds. The third kappa shape index (κ3) is 1.91. The lowest BCUT2D eigenvalue weighted by atomic mass is 9.92. The number of fused-ring (bicyclic) bond motifs is 1. The maximum absolute atomic E-state index is 11.5. The van der Waals surface area contributed by atoms with Gasteiger partial charge in [-0.25, -0.2) is 4.79 Å². The number of aromatic nitrogens is 1. The van der Waals surface area contributed by atoms with Gasteiger partial charge in [0.2, 0.25) is 0 Å². The average Bonchev–Trinajstić information content (AvgIpc) is 2.29. The summed E-state index contributed by atoms with van der Waals surface area (Å²) in [5.74, 6) is -0.340. The first-order chi connectivity index (χ1) is 7.72. The Hall–Kier alpha value is -1.84. The lowest BCUT2D eigenvalue weighted by Gasteiger charge is -2.05. The van der Waals surface area contributed by atoms with Crippen molar-refractivity contribution in [2.24, 2.45) is 0 Å². The van der Waals surface area contributed by atoms with Crippen LogP contribution >= 0.6 is 0 Å². The number of esters is 1. The molecular weight excluding hydrogens is 201 g/mol. The SMILES string of the molecule is [B]c1ccnc2ccc(C(=O)OCC)cc12. The first-order valence-electron chi connectivity index (χ1n) is 5.03. The highest BCUT2D eigenvalue weighted by molar-refractivity contribution is 6.38. The summed E-state index contributed by atoms with van der Waals surface area (Å²) in [6, 6.07) is 6.86. The van der Waals surface area contributed by atoms with Crippen LogP contribution < -0.4 is 5.46 Å². The predicted octanol–water partition coefficient (Wildman–Crippen LogP) is 1.21. The van der Waals surface area contributed by atoms with E-state index in [0.29, 0.717) is 17.6 Å². The van der Waals surface area contributed by atoms with Gasteiger partial charge in [0.05, 0.1) is 17.7 Å². The van der Waals surface area contributed by atoms with Gasteiger partial charge >= 0.3 is 5.97 Å². The summed E-state index contributed by atoms with van der Waals surface area (Å²) in [7, 11) is 5.81. The van der Waals surface area contributed by atoms with Crippen molar-refractivity contribution in [1.82, 2.24) is 4.98 Å². The number of nitrogens with zero attached hydrogens (tertiary/aromatic N) is 1. The average molecular weight is 211 g/mol. The highest BCUT2D eigenvalue weighted by atomic mass is 16.5. The third-order valence-corrected chi connectivity index (χ3v) is 2.29. The Morgan fingerprint density at radius 2 is 2.25 bits per heavy atom. The van der Waals surface area contributed by atoms with E-state index in [0.717, 1.165) is 10.9 Å². The van der Waals surface area contributed by atoms with Crippen LogP contribution in [0.1, 0.15) is 17.3 Å². The highest BCUT2D eigenvalue weighted by Crippen LogP contribution is 2.12. The molecule has 1 heterocycles. The molecule has 0 spiro atoms. The Balaban J connectivity index is 2.51. The van der Waals surface area contributed by atoms with Gasteiger partial charge in [0.25, 0.3) is 0 Å². The summed E-state index contributed by atoms with van der Waals surface area (Å²) in [6.45, 7) is 2.13. The zero-order chi connectivity index (χ0) is 11.5. The van der Waals surface area contributed by atoms with E-state index in [1.165, 1.54) is 0 Å². The van der Waals surface area contributed by atoms with Crippen LogP contribution in [0.3, 0.4) is 0 Å². The van der Waals surface area contributed by atoms with Crippen LogP contribution in [0.25, 0.3) is 10.9 Å². The fraction of sp³-hybridized carbons (Fsp3) is 0.167. The molecule has 0 fully saturated rings. The second kappa shape index (κ2) is 4.35. The predicted molar refractivity (Wildman–Crippen MR) is 63.1 cm³/mol. The molecule has 78 valence electrons. The van der Waals surface area contributed by atoms with Gasteiger partial charge in [-0.2, -0.15) is 0 Å². The molecule has 0 saturated heterocycles. The third-order valence-electron chi connectivity index (χ3n) is 2.29. The second-order valence-electron chi connectivity index (χ2n) is 3.35. The van der Waals surface area contributed by atoms with Crippen LogP contribution in [0.4, 0.5) is 0 Å². The molecule has 16 heavy (non-hydrogen) atoms. The summed E-state index contributed by atoms with van der Waals surface area (Å²) in [5.41, 5.74) is 1.87. The molecule has 0 atom stereocenters. The van der Waals surface area contributed by atoms with E-state index in [9.17, 15) is 4.79 Å². The lowest BCUT2D eigenvalue weighted by Crippen LogP contribution is -2.08. The van der Waals surface area contributed by atoms with Gasteiger partial charge in [0, 0.05) is 6.20 Å². The summed E-state index contributed by atoms with van der Waals surface area (Å²) < 4.78 is 4.92. The molecule has 3 nitrogen and oxygen atoms in total. The maximum atomic E-state index is 11.5. The minimum absolute atomic E-state index is 0.340. The number of ether oxygens (including phenoxy) is 1. The van der Waals surface area contributed by atoms with Gasteiger partial charge in [0.1, 0.15) is 7.85 Å². The molecule has 0 aliphatic carbocycles. The van der Waals surface area contributed by atoms with Crippen LogP contribution in [-0.4, -0.2) is 25.4 Å². The van der Waals surface area contributed by atoms with Crippen LogP contribution in [0.15, 0.2) is 30.5 Å². The molecule has 0 aliphatic heterocycles. The van der Waals surface area contributed by atoms with E-state index in [-0.39, 0.29) is 5.97 Å². The highest BCUT2D eigenvalue weighted by Gasteiger charge is 2.07. The quantitative estimate of drug-likeness (QED) is 0.553. The zero-order valence-corrected chi connectivity index (χ0v) is 8.93. The number of pyridine rings is 1. The first-order valence-corrected chi connectivity index (χ1v) is 5.03. The summed E-state index contributed by atoms with van der Waals surface area (Å²) in [6.07, 6.45) is 1.64. The fourth-order valence-electron chi connectivity index (χ4n) is 1.51. The van der Waals surface area contributed by atoms with Gasteiger partial charge < -0.3 is 4.74 Å². The minimum Gasteiger partial charge on any atom is -0.462 e. The van der Waals surface area contributed by atoms with Gasteiger partial charge in [0.15, 0.2) is 0 Å². The zero-order valence-electron chi connectivity index (χ0n) is 8.93. The first kappa shape index (κ1) is 10.7. The molecule has 2 rings (SSSR count). The smallest absolute Gasteiger partial charge is 0.338 e. The van der Waals surface area contributed by atoms with Crippen molar-refractivity contribution >= 4 is 30.2 Å². The van der Waals surface area contributed by atoms with E-state index < -0.39 is 0 Å². The Morgan fingerprint density at radius 1 is 1.44 bits per heavy atom. The summed E-state index contributed by atoms with van der Waals surface area (Å²) in [4.78, 5) is 15.7. The molecule has 2 aromatic rings. The van der Waals surface area contributed by atoms with Crippen molar-refractivity contribution in [3.05, 3.63) is 36.0 Å². The molecule has 0 unspecified atom stereocenters. The number of carbonyl (C=O) groups is 1. The molecule has 1 aromatic heterocycles. The molecule has 0 saturated carbocycles. The summed E-state index contributed by atoms with van der Waals surface area (Å²) in [5, 5.41) is 0.771. The number of hydrogen-bond donors (Lipinski definition) is 0. The fourth-order valence-corrected chi connectivity index (χ4v) is 1.51. The largest absolute Gasteiger partial charge is 0.462 e. The lowest BCUT2D eigenvalue weighted by molar-refractivity contribution is 0.0526. The number of rotatable bonds is 2. The van der Waals surface area contributed by atoms with Crippen LogP contribution in [0.2, 0.25) is 0 Å². The Kier molecular flexibility index (Phi) is 2.90. The van der Waals surface area contributed by atoms with Crippen molar-refractivity contribution in [3.8, 4) is 0 Å². The van der Waals surface area contributed by atoms with E-state index >= 15 is 0 Å². The van der Waals surface area contributed by atoms with Gasteiger partial charge in [-0.05, 0) is 30.5 Å². The topological polar surface area (TPSA) is 39.2 Å². The normalized spacial score (nSPS) is 10.3. The number of benzene rings is 1. The van der Waals surface area contributed by atoms with Crippen molar-refractivity contribution in [2.45, 2.75) is 6.92 Å². The van der Waals surface area contributed by atoms with Gasteiger partial charge in [-0.1, -0.05) is 11.5 Å². The van der Waals surface area contributed by atoms with Crippen molar-refractivity contribution < 1.29 is 9.53 Å². The summed E-state index contributed by atoms with van der Waals surface area (Å²) >= 11 is 0. The molecular formula is C12H10BNO2. The molecule has 1 aromatic carbocycles. The van der Waals surface area contributed by atoms with Crippen LogP contribution in [0.5, 0.6) is 0 Å². The van der Waals surface area contributed by atoms with E-state index in [2.05, 4.69) is 4.98 Å². The number of hydrogen-bond acceptors (Lipinski definition) is 3. The van der Waals surface area contributed by atoms with E-state index in [1.54, 1.807) is 37.4 Å². The van der Waals surface area contributed by atoms with Gasteiger partial charge in [-0.15, -0.1) is 0 Å². The number of carbonyl (C=O) groups excluding carboxylic acids is 1. The minimum atomic E-state index is -0.340. The standard InChI is InChI=1S/C12H10BNO2/c1-2-16-12(15)8-3-4-11-9(7-8)10(13)5-6-14-11/h3-7H,2H2,1H3. The molecule has 0 bridgehead atoms. The molecule has 0 aliphatic rings. The molecule has 2 radical (unpaired) electrons. The van der Waals surface area contributed by atoms with E-state index in [4.69, 9.17) is 12.6 Å². The van der Waals surface area contributed by atoms with E-state index in [1.807, 2.05) is 0 Å². The van der Waals surface area contributed by atoms with Gasteiger partial charge in [-0.3, -0.25) is 4.98 Å². The Morgan fingerprint density at radius 3 is 3.00 bits per heavy atom.